The van der Waals surface area contributed by atoms with Gasteiger partial charge in [-0.25, -0.2) is 0 Å². The highest BCUT2D eigenvalue weighted by Crippen LogP contribution is 2.15. The number of benzene rings is 1. The molecule has 2 aromatic rings. The molecule has 142 valence electrons. The van der Waals surface area contributed by atoms with Crippen molar-refractivity contribution in [3.05, 3.63) is 54.0 Å². The Kier molecular flexibility index (Phi) is 8.47. The van der Waals surface area contributed by atoms with Crippen LogP contribution in [-0.4, -0.2) is 50.1 Å². The van der Waals surface area contributed by atoms with Crippen molar-refractivity contribution in [2.45, 2.75) is 13.0 Å². The molecule has 0 atom stereocenters. The Labute approximate surface area is 160 Å². The van der Waals surface area contributed by atoms with Crippen LogP contribution < -0.4 is 15.4 Å². The summed E-state index contributed by atoms with van der Waals surface area (Å²) in [6, 6.07) is 11.3. The number of carbonyl (C=O) groups excluding carboxylic acids is 1. The van der Waals surface area contributed by atoms with Crippen LogP contribution in [-0.2, 0) is 6.61 Å². The highest BCUT2D eigenvalue weighted by Gasteiger charge is 2.16. The first-order chi connectivity index (χ1) is 12.3. The quantitative estimate of drug-likeness (QED) is 0.689. The van der Waals surface area contributed by atoms with E-state index < -0.39 is 0 Å². The molecule has 0 spiro atoms. The summed E-state index contributed by atoms with van der Waals surface area (Å²) < 4.78 is 11.0. The predicted molar refractivity (Wildman–Crippen MR) is 103 cm³/mol. The number of nitrogens with one attached hydrogen (secondary N) is 2. The SMILES string of the molecule is Cl.O=C(NCCCN1CCNCC1)c1occc1COc1ccccc1. The van der Waals surface area contributed by atoms with Crippen LogP contribution in [0.2, 0.25) is 0 Å². The van der Waals surface area contributed by atoms with Crippen LogP contribution >= 0.6 is 12.4 Å². The minimum absolute atomic E-state index is 0. The Bertz CT molecular complexity index is 657. The Morgan fingerprint density at radius 2 is 1.96 bits per heavy atom. The summed E-state index contributed by atoms with van der Waals surface area (Å²) >= 11 is 0. The fourth-order valence-electron chi connectivity index (χ4n) is 2.85. The van der Waals surface area contributed by atoms with Gasteiger partial charge in [0, 0.05) is 38.3 Å². The number of hydrogen-bond donors (Lipinski definition) is 2. The summed E-state index contributed by atoms with van der Waals surface area (Å²) in [5.74, 6) is 0.918. The molecule has 1 aromatic heterocycles. The molecule has 2 heterocycles. The van der Waals surface area contributed by atoms with Crippen LogP contribution in [0.5, 0.6) is 5.75 Å². The van der Waals surface area contributed by atoms with Gasteiger partial charge in [0.1, 0.15) is 12.4 Å². The van der Waals surface area contributed by atoms with Crippen molar-refractivity contribution >= 4 is 18.3 Å². The number of halogens is 1. The van der Waals surface area contributed by atoms with Gasteiger partial charge in [0.25, 0.3) is 5.91 Å². The summed E-state index contributed by atoms with van der Waals surface area (Å²) in [6.07, 6.45) is 2.46. The molecule has 1 aromatic carbocycles. The van der Waals surface area contributed by atoms with E-state index in [2.05, 4.69) is 15.5 Å². The summed E-state index contributed by atoms with van der Waals surface area (Å²) in [5, 5.41) is 6.27. The number of para-hydroxylation sites is 1. The van der Waals surface area contributed by atoms with Gasteiger partial charge in [-0.1, -0.05) is 18.2 Å². The number of ether oxygens (including phenoxy) is 1. The van der Waals surface area contributed by atoms with E-state index in [0.717, 1.165) is 50.5 Å². The predicted octanol–water partition coefficient (Wildman–Crippen LogP) is 2.31. The lowest BCUT2D eigenvalue weighted by molar-refractivity contribution is 0.0920. The lowest BCUT2D eigenvalue weighted by atomic mass is 10.2. The smallest absolute Gasteiger partial charge is 0.287 e. The van der Waals surface area contributed by atoms with Gasteiger partial charge >= 0.3 is 0 Å². The number of furan rings is 1. The van der Waals surface area contributed by atoms with Crippen LogP contribution in [0.15, 0.2) is 47.1 Å². The van der Waals surface area contributed by atoms with Crippen molar-refractivity contribution in [3.63, 3.8) is 0 Å². The molecule has 26 heavy (non-hydrogen) atoms. The Balaban J connectivity index is 0.00000243. The molecule has 0 unspecified atom stereocenters. The summed E-state index contributed by atoms with van der Waals surface area (Å²) in [5.41, 5.74) is 0.753. The standard InChI is InChI=1S/C19H25N3O3.ClH/c23-19(21-8-4-11-22-12-9-20-10-13-22)18-16(7-14-24-18)15-25-17-5-2-1-3-6-17;/h1-3,5-7,14,20H,4,8-13,15H2,(H,21,23);1H. The second-order valence-electron chi connectivity index (χ2n) is 6.08. The van der Waals surface area contributed by atoms with E-state index in [9.17, 15) is 4.79 Å². The van der Waals surface area contributed by atoms with E-state index in [4.69, 9.17) is 9.15 Å². The highest BCUT2D eigenvalue weighted by molar-refractivity contribution is 5.92. The van der Waals surface area contributed by atoms with E-state index in [1.165, 1.54) is 6.26 Å². The van der Waals surface area contributed by atoms with E-state index in [0.29, 0.717) is 18.9 Å². The topological polar surface area (TPSA) is 66.7 Å². The largest absolute Gasteiger partial charge is 0.489 e. The molecule has 0 radical (unpaired) electrons. The van der Waals surface area contributed by atoms with Gasteiger partial charge in [-0.2, -0.15) is 0 Å². The molecule has 1 amide bonds. The van der Waals surface area contributed by atoms with Gasteiger partial charge in [-0.15, -0.1) is 12.4 Å². The third-order valence-corrected chi connectivity index (χ3v) is 4.24. The van der Waals surface area contributed by atoms with Gasteiger partial charge in [-0.05, 0) is 31.2 Å². The molecule has 1 fully saturated rings. The number of hydrogen-bond acceptors (Lipinski definition) is 5. The van der Waals surface area contributed by atoms with Crippen molar-refractivity contribution in [2.24, 2.45) is 0 Å². The molecular weight excluding hydrogens is 354 g/mol. The van der Waals surface area contributed by atoms with Crippen molar-refractivity contribution in [1.82, 2.24) is 15.5 Å². The third kappa shape index (κ3) is 6.05. The maximum absolute atomic E-state index is 12.3. The molecule has 1 saturated heterocycles. The van der Waals surface area contributed by atoms with Gasteiger partial charge < -0.3 is 24.7 Å². The molecular formula is C19H26ClN3O3. The van der Waals surface area contributed by atoms with Crippen LogP contribution in [0.25, 0.3) is 0 Å². The number of rotatable bonds is 8. The number of nitrogens with zero attached hydrogens (tertiary/aromatic N) is 1. The first kappa shape index (κ1) is 20.3. The maximum atomic E-state index is 12.3. The molecule has 0 bridgehead atoms. The van der Waals surface area contributed by atoms with Crippen LogP contribution in [0.1, 0.15) is 22.5 Å². The van der Waals surface area contributed by atoms with E-state index in [1.54, 1.807) is 6.07 Å². The van der Waals surface area contributed by atoms with Crippen LogP contribution in [0, 0.1) is 0 Å². The molecule has 3 rings (SSSR count). The zero-order valence-corrected chi connectivity index (χ0v) is 15.6. The fourth-order valence-corrected chi connectivity index (χ4v) is 2.85. The lowest BCUT2D eigenvalue weighted by Gasteiger charge is -2.27. The summed E-state index contributed by atoms with van der Waals surface area (Å²) in [6.45, 7) is 6.20. The first-order valence-corrected chi connectivity index (χ1v) is 8.78. The average molecular weight is 380 g/mol. The minimum Gasteiger partial charge on any atom is -0.489 e. The second kappa shape index (κ2) is 10.9. The van der Waals surface area contributed by atoms with Crippen LogP contribution in [0.4, 0.5) is 0 Å². The maximum Gasteiger partial charge on any atom is 0.287 e. The van der Waals surface area contributed by atoms with E-state index in [-0.39, 0.29) is 18.3 Å². The van der Waals surface area contributed by atoms with Crippen molar-refractivity contribution in [3.8, 4) is 5.75 Å². The van der Waals surface area contributed by atoms with Gasteiger partial charge in [0.05, 0.1) is 6.26 Å². The zero-order chi connectivity index (χ0) is 17.3. The normalized spacial score (nSPS) is 14.5. The van der Waals surface area contributed by atoms with Gasteiger partial charge in [-0.3, -0.25) is 4.79 Å². The van der Waals surface area contributed by atoms with Gasteiger partial charge in [0.15, 0.2) is 5.76 Å². The van der Waals surface area contributed by atoms with Crippen LogP contribution in [0.3, 0.4) is 0 Å². The lowest BCUT2D eigenvalue weighted by Crippen LogP contribution is -2.44. The van der Waals surface area contributed by atoms with Crippen molar-refractivity contribution < 1.29 is 13.9 Å². The third-order valence-electron chi connectivity index (χ3n) is 4.24. The molecule has 1 aliphatic rings. The number of carbonyl (C=O) groups is 1. The first-order valence-electron chi connectivity index (χ1n) is 8.78. The molecule has 1 aliphatic heterocycles. The molecule has 2 N–H and O–H groups in total. The molecule has 0 aliphatic carbocycles. The molecule has 0 saturated carbocycles. The van der Waals surface area contributed by atoms with Crippen molar-refractivity contribution in [1.29, 1.82) is 0 Å². The summed E-state index contributed by atoms with van der Waals surface area (Å²) in [7, 11) is 0. The van der Waals surface area contributed by atoms with Gasteiger partial charge in [0.2, 0.25) is 0 Å². The minimum atomic E-state index is -0.183. The Morgan fingerprint density at radius 3 is 2.73 bits per heavy atom. The monoisotopic (exact) mass is 379 g/mol. The number of piperazine rings is 1. The molecule has 6 nitrogen and oxygen atoms in total. The Morgan fingerprint density at radius 1 is 1.19 bits per heavy atom. The fraction of sp³-hybridized carbons (Fsp3) is 0.421. The Hall–Kier alpha value is -2.02. The molecule has 7 heteroatoms. The van der Waals surface area contributed by atoms with Crippen molar-refractivity contribution in [2.75, 3.05) is 39.3 Å². The zero-order valence-electron chi connectivity index (χ0n) is 14.8. The second-order valence-corrected chi connectivity index (χ2v) is 6.08. The number of amides is 1. The summed E-state index contributed by atoms with van der Waals surface area (Å²) in [4.78, 5) is 14.7. The highest BCUT2D eigenvalue weighted by atomic mass is 35.5. The van der Waals surface area contributed by atoms with E-state index in [1.807, 2.05) is 30.3 Å². The average Bonchev–Trinajstić information content (AvgIpc) is 3.14. The van der Waals surface area contributed by atoms with E-state index >= 15 is 0 Å².